The summed E-state index contributed by atoms with van der Waals surface area (Å²) in [6, 6.07) is 16.8. The fourth-order valence-corrected chi connectivity index (χ4v) is 3.61. The van der Waals surface area contributed by atoms with E-state index in [1.54, 1.807) is 0 Å². The van der Waals surface area contributed by atoms with E-state index >= 15 is 0 Å². The van der Waals surface area contributed by atoms with Crippen molar-refractivity contribution in [3.8, 4) is 0 Å². The lowest BCUT2D eigenvalue weighted by atomic mass is 9.93. The van der Waals surface area contributed by atoms with Crippen molar-refractivity contribution in [1.82, 2.24) is 9.97 Å². The maximum Gasteiger partial charge on any atom is 0.258 e. The minimum Gasteiger partial charge on any atom is -0.334 e. The monoisotopic (exact) mass is 364 g/mol. The van der Waals surface area contributed by atoms with E-state index in [2.05, 4.69) is 67.2 Å². The second kappa shape index (κ2) is 8.49. The Bertz CT molecular complexity index is 942. The van der Waals surface area contributed by atoms with Gasteiger partial charge < -0.3 is 10.3 Å². The predicted octanol–water partition coefficient (Wildman–Crippen LogP) is 3.58. The van der Waals surface area contributed by atoms with Gasteiger partial charge in [-0.25, -0.2) is 4.98 Å². The Morgan fingerprint density at radius 2 is 1.70 bits per heavy atom. The molecule has 0 unspecified atom stereocenters. The van der Waals surface area contributed by atoms with Crippen LogP contribution in [0, 0.1) is 11.8 Å². The van der Waals surface area contributed by atoms with Gasteiger partial charge in [0, 0.05) is 11.5 Å². The van der Waals surface area contributed by atoms with Crippen LogP contribution in [-0.4, -0.2) is 9.97 Å². The lowest BCUT2D eigenvalue weighted by Gasteiger charge is -2.20. The van der Waals surface area contributed by atoms with E-state index in [1.807, 2.05) is 24.3 Å². The SMILES string of the molecule is CC(C)Cc1ccc([C@H]([NH2+]Cc2nc3ccccc3c(=O)[nH]2)C(C)C)cc1. The smallest absolute Gasteiger partial charge is 0.258 e. The number of aromatic amines is 1. The minimum absolute atomic E-state index is 0.0665. The molecule has 0 spiro atoms. The summed E-state index contributed by atoms with van der Waals surface area (Å²) in [6.07, 6.45) is 1.11. The summed E-state index contributed by atoms with van der Waals surface area (Å²) in [5, 5.41) is 2.91. The molecule has 4 nitrogen and oxygen atoms in total. The fraction of sp³-hybridized carbons (Fsp3) is 0.391. The second-order valence-corrected chi connectivity index (χ2v) is 8.08. The second-order valence-electron chi connectivity index (χ2n) is 8.08. The Kier molecular flexibility index (Phi) is 6.07. The number of H-pyrrole nitrogens is 1. The maximum atomic E-state index is 12.3. The first-order valence-corrected chi connectivity index (χ1v) is 9.84. The molecule has 0 fully saturated rings. The third-order valence-electron chi connectivity index (χ3n) is 4.95. The number of hydrogen-bond acceptors (Lipinski definition) is 2. The van der Waals surface area contributed by atoms with E-state index in [0.717, 1.165) is 17.8 Å². The molecular weight excluding hydrogens is 334 g/mol. The Balaban J connectivity index is 1.76. The molecule has 0 saturated heterocycles. The van der Waals surface area contributed by atoms with Crippen LogP contribution in [0.15, 0.2) is 53.3 Å². The highest BCUT2D eigenvalue weighted by atomic mass is 16.1. The van der Waals surface area contributed by atoms with Crippen LogP contribution in [0.5, 0.6) is 0 Å². The van der Waals surface area contributed by atoms with Gasteiger partial charge in [-0.05, 0) is 30.0 Å². The molecule has 4 heteroatoms. The Hall–Kier alpha value is -2.46. The van der Waals surface area contributed by atoms with E-state index in [0.29, 0.717) is 29.8 Å². The predicted molar refractivity (Wildman–Crippen MR) is 111 cm³/mol. The largest absolute Gasteiger partial charge is 0.334 e. The lowest BCUT2D eigenvalue weighted by Crippen LogP contribution is -2.85. The number of hydrogen-bond donors (Lipinski definition) is 2. The highest BCUT2D eigenvalue weighted by Crippen LogP contribution is 2.19. The molecule has 142 valence electrons. The van der Waals surface area contributed by atoms with Crippen molar-refractivity contribution in [3.05, 3.63) is 75.8 Å². The first-order valence-electron chi connectivity index (χ1n) is 9.84. The van der Waals surface area contributed by atoms with Crippen molar-refractivity contribution in [1.29, 1.82) is 0 Å². The van der Waals surface area contributed by atoms with Crippen LogP contribution in [-0.2, 0) is 13.0 Å². The first kappa shape index (κ1) is 19.3. The zero-order chi connectivity index (χ0) is 19.4. The van der Waals surface area contributed by atoms with E-state index in [-0.39, 0.29) is 5.56 Å². The van der Waals surface area contributed by atoms with Gasteiger partial charge in [0.25, 0.3) is 5.56 Å². The van der Waals surface area contributed by atoms with Crippen LogP contribution in [0.3, 0.4) is 0 Å². The number of fused-ring (bicyclic) bond motifs is 1. The average molecular weight is 365 g/mol. The molecule has 1 aromatic heterocycles. The van der Waals surface area contributed by atoms with Gasteiger partial charge in [-0.15, -0.1) is 0 Å². The molecule has 1 atom stereocenters. The van der Waals surface area contributed by atoms with E-state index < -0.39 is 0 Å². The highest BCUT2D eigenvalue weighted by Gasteiger charge is 2.20. The molecule has 0 aliphatic rings. The standard InChI is InChI=1S/C23H29N3O/c1-15(2)13-17-9-11-18(12-10-17)22(16(3)4)24-14-21-25-20-8-6-5-7-19(20)23(27)26-21/h5-12,15-16,22,24H,13-14H2,1-4H3,(H,25,26,27)/p+1/t22-/m1/s1. The number of benzene rings is 2. The van der Waals surface area contributed by atoms with Crippen LogP contribution < -0.4 is 10.9 Å². The first-order chi connectivity index (χ1) is 12.9. The number of rotatable bonds is 7. The van der Waals surface area contributed by atoms with Crippen molar-refractivity contribution in [3.63, 3.8) is 0 Å². The zero-order valence-corrected chi connectivity index (χ0v) is 16.7. The minimum atomic E-state index is -0.0665. The number of aromatic nitrogens is 2. The van der Waals surface area contributed by atoms with Gasteiger partial charge >= 0.3 is 0 Å². The molecule has 0 amide bonds. The van der Waals surface area contributed by atoms with E-state index in [4.69, 9.17) is 0 Å². The summed E-state index contributed by atoms with van der Waals surface area (Å²) in [4.78, 5) is 19.8. The summed E-state index contributed by atoms with van der Waals surface area (Å²) >= 11 is 0. The maximum absolute atomic E-state index is 12.3. The van der Waals surface area contributed by atoms with Gasteiger partial charge in [0.15, 0.2) is 5.82 Å². The number of quaternary nitrogens is 1. The van der Waals surface area contributed by atoms with Crippen LogP contribution in [0.4, 0.5) is 0 Å². The molecule has 0 saturated carbocycles. The molecule has 3 N–H and O–H groups in total. The van der Waals surface area contributed by atoms with Gasteiger partial charge in [-0.1, -0.05) is 64.1 Å². The van der Waals surface area contributed by atoms with Crippen molar-refractivity contribution >= 4 is 10.9 Å². The number of nitrogens with zero attached hydrogens (tertiary/aromatic N) is 1. The van der Waals surface area contributed by atoms with Gasteiger partial charge in [0.05, 0.1) is 10.9 Å². The zero-order valence-electron chi connectivity index (χ0n) is 16.7. The topological polar surface area (TPSA) is 62.4 Å². The van der Waals surface area contributed by atoms with Crippen LogP contribution in [0.25, 0.3) is 10.9 Å². The number of nitrogens with one attached hydrogen (secondary N) is 1. The van der Waals surface area contributed by atoms with Gasteiger partial charge in [-0.3, -0.25) is 4.79 Å². The molecule has 3 rings (SSSR count). The number of para-hydroxylation sites is 1. The van der Waals surface area contributed by atoms with Crippen LogP contribution >= 0.6 is 0 Å². The molecule has 27 heavy (non-hydrogen) atoms. The van der Waals surface area contributed by atoms with Crippen LogP contribution in [0.2, 0.25) is 0 Å². The van der Waals surface area contributed by atoms with Gasteiger partial charge in [-0.2, -0.15) is 0 Å². The summed E-state index contributed by atoms with van der Waals surface area (Å²) < 4.78 is 0. The molecule has 0 bridgehead atoms. The average Bonchev–Trinajstić information content (AvgIpc) is 2.62. The van der Waals surface area contributed by atoms with Gasteiger partial charge in [0.1, 0.15) is 12.6 Å². The van der Waals surface area contributed by atoms with E-state index in [1.165, 1.54) is 11.1 Å². The van der Waals surface area contributed by atoms with Crippen molar-refractivity contribution in [2.75, 3.05) is 0 Å². The Morgan fingerprint density at radius 3 is 2.37 bits per heavy atom. The highest BCUT2D eigenvalue weighted by molar-refractivity contribution is 5.77. The Morgan fingerprint density at radius 1 is 1.00 bits per heavy atom. The molecule has 0 radical (unpaired) electrons. The third-order valence-corrected chi connectivity index (χ3v) is 4.95. The van der Waals surface area contributed by atoms with E-state index in [9.17, 15) is 4.79 Å². The third kappa shape index (κ3) is 4.83. The number of nitrogens with two attached hydrogens (primary N) is 1. The molecule has 1 heterocycles. The summed E-state index contributed by atoms with van der Waals surface area (Å²) in [7, 11) is 0. The normalized spacial score (nSPS) is 12.8. The van der Waals surface area contributed by atoms with Crippen molar-refractivity contribution < 1.29 is 5.32 Å². The quantitative estimate of drug-likeness (QED) is 0.673. The molecule has 0 aliphatic carbocycles. The summed E-state index contributed by atoms with van der Waals surface area (Å²) in [6.45, 7) is 9.61. The molecule has 2 aromatic carbocycles. The molecule has 0 aliphatic heterocycles. The molecule has 3 aromatic rings. The lowest BCUT2D eigenvalue weighted by molar-refractivity contribution is -0.718. The van der Waals surface area contributed by atoms with Crippen molar-refractivity contribution in [2.45, 2.75) is 46.7 Å². The van der Waals surface area contributed by atoms with Gasteiger partial charge in [0.2, 0.25) is 0 Å². The summed E-state index contributed by atoms with van der Waals surface area (Å²) in [5.41, 5.74) is 3.39. The summed E-state index contributed by atoms with van der Waals surface area (Å²) in [5.74, 6) is 1.87. The Labute approximate surface area is 161 Å². The van der Waals surface area contributed by atoms with Crippen LogP contribution in [0.1, 0.15) is 50.7 Å². The fourth-order valence-electron chi connectivity index (χ4n) is 3.61. The molecular formula is C23H30N3O+. The van der Waals surface area contributed by atoms with Crippen molar-refractivity contribution in [2.24, 2.45) is 11.8 Å².